The minimum Gasteiger partial charge on any atom is -0.341 e. The van der Waals surface area contributed by atoms with E-state index in [1.807, 2.05) is 9.21 Å². The lowest BCUT2D eigenvalue weighted by Gasteiger charge is -2.33. The molecule has 2 unspecified atom stereocenters. The molecule has 8 heteroatoms. The molecule has 2 aliphatic heterocycles. The molecule has 0 bridgehead atoms. The summed E-state index contributed by atoms with van der Waals surface area (Å²) in [4.78, 5) is 28.0. The number of hydrogen-bond acceptors (Lipinski definition) is 3. The summed E-state index contributed by atoms with van der Waals surface area (Å²) in [6, 6.07) is -0.0838. The van der Waals surface area contributed by atoms with Gasteiger partial charge >= 0.3 is 6.03 Å². The maximum atomic E-state index is 12.7. The highest BCUT2D eigenvalue weighted by atomic mass is 32.2. The molecule has 2 fully saturated rings. The first-order valence-corrected chi connectivity index (χ1v) is 9.38. The van der Waals surface area contributed by atoms with Crippen LogP contribution in [0.4, 0.5) is 4.79 Å². The highest BCUT2D eigenvalue weighted by Crippen LogP contribution is 2.20. The number of carbonyl (C=O) groups excluding carboxylic acids is 2. The number of rotatable bonds is 2. The van der Waals surface area contributed by atoms with E-state index in [1.165, 1.54) is 0 Å². The molecule has 2 atom stereocenters. The van der Waals surface area contributed by atoms with E-state index in [0.29, 0.717) is 32.7 Å². The van der Waals surface area contributed by atoms with Gasteiger partial charge in [-0.2, -0.15) is 0 Å². The largest absolute Gasteiger partial charge is 0.341 e. The Labute approximate surface area is 134 Å². The van der Waals surface area contributed by atoms with Crippen molar-refractivity contribution < 1.29 is 13.8 Å². The van der Waals surface area contributed by atoms with Gasteiger partial charge in [0.1, 0.15) is 0 Å². The van der Waals surface area contributed by atoms with E-state index in [4.69, 9.17) is 0 Å². The average molecular weight is 330 g/mol. The quantitative estimate of drug-likeness (QED) is 0.766. The Morgan fingerprint density at radius 1 is 1.05 bits per heavy atom. The Bertz CT molecular complexity index is 446. The van der Waals surface area contributed by atoms with E-state index in [2.05, 4.69) is 5.32 Å². The second kappa shape index (κ2) is 7.92. The van der Waals surface area contributed by atoms with Crippen molar-refractivity contribution in [1.82, 2.24) is 19.4 Å². The number of piperidine rings is 1. The Morgan fingerprint density at radius 2 is 1.73 bits per heavy atom. The van der Waals surface area contributed by atoms with E-state index in [9.17, 15) is 13.8 Å². The summed E-state index contributed by atoms with van der Waals surface area (Å²) in [7, 11) is 0.613. The van der Waals surface area contributed by atoms with Crippen LogP contribution in [0.2, 0.25) is 0 Å². The van der Waals surface area contributed by atoms with E-state index in [0.717, 1.165) is 25.8 Å². The molecule has 0 aromatic heterocycles. The Morgan fingerprint density at radius 3 is 2.41 bits per heavy atom. The highest BCUT2D eigenvalue weighted by molar-refractivity contribution is 7.81. The van der Waals surface area contributed by atoms with E-state index in [-0.39, 0.29) is 17.9 Å². The summed E-state index contributed by atoms with van der Waals surface area (Å²) in [5.41, 5.74) is 0. The van der Waals surface area contributed by atoms with E-state index < -0.39 is 11.0 Å². The standard InChI is InChI=1S/C14H26N4O3S/c1-15-14(20)17-7-4-6-16(9-10-17)13(19)12-5-3-8-18(11-12)22(2)21/h12H,3-11H2,1-2H3,(H,15,20). The molecule has 2 aliphatic rings. The van der Waals surface area contributed by atoms with Crippen molar-refractivity contribution in [1.29, 1.82) is 0 Å². The Kier molecular flexibility index (Phi) is 6.19. The van der Waals surface area contributed by atoms with Gasteiger partial charge in [-0.1, -0.05) is 0 Å². The molecule has 0 aromatic rings. The lowest BCUT2D eigenvalue weighted by Crippen LogP contribution is -2.46. The van der Waals surface area contributed by atoms with Gasteiger partial charge in [-0.05, 0) is 19.3 Å². The average Bonchev–Trinajstić information content (AvgIpc) is 2.79. The number of urea groups is 1. The smallest absolute Gasteiger partial charge is 0.317 e. The van der Waals surface area contributed by atoms with Crippen molar-refractivity contribution in [2.24, 2.45) is 5.92 Å². The fourth-order valence-corrected chi connectivity index (χ4v) is 3.91. The van der Waals surface area contributed by atoms with Gasteiger partial charge in [-0.3, -0.25) is 4.79 Å². The third-order valence-electron chi connectivity index (χ3n) is 4.41. The fraction of sp³-hybridized carbons (Fsp3) is 0.857. The lowest BCUT2D eigenvalue weighted by atomic mass is 9.98. The third kappa shape index (κ3) is 4.19. The van der Waals surface area contributed by atoms with Crippen LogP contribution >= 0.6 is 0 Å². The first-order valence-electron chi connectivity index (χ1n) is 7.87. The summed E-state index contributed by atoms with van der Waals surface area (Å²) < 4.78 is 13.5. The van der Waals surface area contributed by atoms with E-state index >= 15 is 0 Å². The molecule has 0 saturated carbocycles. The Balaban J connectivity index is 1.92. The van der Waals surface area contributed by atoms with Crippen molar-refractivity contribution in [3.63, 3.8) is 0 Å². The molecular formula is C14H26N4O3S. The molecule has 126 valence electrons. The van der Waals surface area contributed by atoms with Crippen LogP contribution in [0.15, 0.2) is 0 Å². The molecule has 0 radical (unpaired) electrons. The van der Waals surface area contributed by atoms with Gasteiger partial charge in [-0.25, -0.2) is 13.3 Å². The molecular weight excluding hydrogens is 304 g/mol. The van der Waals surface area contributed by atoms with Crippen LogP contribution < -0.4 is 5.32 Å². The minimum atomic E-state index is -1.01. The zero-order valence-corrected chi connectivity index (χ0v) is 14.2. The number of nitrogens with one attached hydrogen (secondary N) is 1. The topological polar surface area (TPSA) is 73.0 Å². The minimum absolute atomic E-state index is 0.0656. The van der Waals surface area contributed by atoms with Crippen molar-refractivity contribution in [2.75, 3.05) is 52.6 Å². The van der Waals surface area contributed by atoms with Crippen LogP contribution in [0, 0.1) is 5.92 Å². The molecule has 2 saturated heterocycles. The van der Waals surface area contributed by atoms with Gasteiger partial charge in [0.15, 0.2) is 0 Å². The Hall–Kier alpha value is -1.15. The SMILES string of the molecule is CNC(=O)N1CCCN(C(=O)C2CCCN(S(C)=O)C2)CC1. The summed E-state index contributed by atoms with van der Waals surface area (Å²) in [5.74, 6) is 0.0816. The van der Waals surface area contributed by atoms with Gasteiger partial charge in [0.05, 0.1) is 16.9 Å². The summed E-state index contributed by atoms with van der Waals surface area (Å²) in [6.45, 7) is 3.91. The number of amides is 3. The summed E-state index contributed by atoms with van der Waals surface area (Å²) in [6.07, 6.45) is 4.24. The first kappa shape index (κ1) is 17.2. The number of nitrogens with zero attached hydrogens (tertiary/aromatic N) is 3. The number of hydrogen-bond donors (Lipinski definition) is 1. The second-order valence-corrected chi connectivity index (χ2v) is 7.24. The van der Waals surface area contributed by atoms with E-state index in [1.54, 1.807) is 18.2 Å². The van der Waals surface area contributed by atoms with Crippen molar-refractivity contribution in [3.8, 4) is 0 Å². The van der Waals surface area contributed by atoms with Gasteiger partial charge in [-0.15, -0.1) is 0 Å². The van der Waals surface area contributed by atoms with Gasteiger partial charge in [0.2, 0.25) is 5.91 Å². The predicted octanol–water partition coefficient (Wildman–Crippen LogP) is -0.134. The lowest BCUT2D eigenvalue weighted by molar-refractivity contribution is -0.136. The first-order chi connectivity index (χ1) is 10.5. The highest BCUT2D eigenvalue weighted by Gasteiger charge is 2.31. The molecule has 0 spiro atoms. The zero-order valence-electron chi connectivity index (χ0n) is 13.4. The second-order valence-electron chi connectivity index (χ2n) is 5.87. The van der Waals surface area contributed by atoms with Gasteiger partial charge < -0.3 is 15.1 Å². The maximum Gasteiger partial charge on any atom is 0.317 e. The molecule has 0 aliphatic carbocycles. The van der Waals surface area contributed by atoms with Crippen LogP contribution in [-0.4, -0.2) is 82.8 Å². The number of carbonyl (C=O) groups is 2. The molecule has 2 rings (SSSR count). The zero-order chi connectivity index (χ0) is 16.1. The molecule has 3 amide bonds. The molecule has 7 nitrogen and oxygen atoms in total. The third-order valence-corrected chi connectivity index (χ3v) is 5.46. The molecule has 0 aromatic carbocycles. The van der Waals surface area contributed by atoms with Crippen LogP contribution in [-0.2, 0) is 15.8 Å². The molecule has 22 heavy (non-hydrogen) atoms. The molecule has 1 N–H and O–H groups in total. The summed E-state index contributed by atoms with van der Waals surface area (Å²) in [5, 5.41) is 2.63. The monoisotopic (exact) mass is 330 g/mol. The van der Waals surface area contributed by atoms with Crippen molar-refractivity contribution in [2.45, 2.75) is 19.3 Å². The van der Waals surface area contributed by atoms with Crippen LogP contribution in [0.5, 0.6) is 0 Å². The van der Waals surface area contributed by atoms with Gasteiger partial charge in [0, 0.05) is 52.6 Å². The normalized spacial score (nSPS) is 25.5. The fourth-order valence-electron chi connectivity index (χ4n) is 3.13. The van der Waals surface area contributed by atoms with Crippen LogP contribution in [0.25, 0.3) is 0 Å². The van der Waals surface area contributed by atoms with Crippen molar-refractivity contribution >= 4 is 22.9 Å². The molecule has 2 heterocycles. The van der Waals surface area contributed by atoms with Gasteiger partial charge in [0.25, 0.3) is 0 Å². The van der Waals surface area contributed by atoms with Crippen molar-refractivity contribution in [3.05, 3.63) is 0 Å². The summed E-state index contributed by atoms with van der Waals surface area (Å²) >= 11 is 0. The maximum absolute atomic E-state index is 12.7. The van der Waals surface area contributed by atoms with Crippen LogP contribution in [0.3, 0.4) is 0 Å². The predicted molar refractivity (Wildman–Crippen MR) is 85.6 cm³/mol. The van der Waals surface area contributed by atoms with Crippen LogP contribution in [0.1, 0.15) is 19.3 Å².